The molecule has 0 unspecified atom stereocenters. The molecular weight excluding hydrogens is 466 g/mol. The van der Waals surface area contributed by atoms with Gasteiger partial charge in [-0.3, -0.25) is 4.90 Å². The first-order chi connectivity index (χ1) is 17.7. The van der Waals surface area contributed by atoms with Crippen molar-refractivity contribution < 1.29 is 19.0 Å². The molecule has 0 aliphatic heterocycles. The molecule has 37 heavy (non-hydrogen) atoms. The Balaban J connectivity index is 1.67. The van der Waals surface area contributed by atoms with Crippen LogP contribution in [-0.2, 0) is 17.8 Å². The molecule has 2 aromatic carbocycles. The van der Waals surface area contributed by atoms with Gasteiger partial charge in [-0.25, -0.2) is 4.68 Å². The van der Waals surface area contributed by atoms with Gasteiger partial charge >= 0.3 is 0 Å². The number of benzene rings is 2. The van der Waals surface area contributed by atoms with Crippen LogP contribution < -0.4 is 4.74 Å². The van der Waals surface area contributed by atoms with E-state index in [1.165, 1.54) is 0 Å². The SMILES string of the molecule is Cc1cccc(Oc2c(CN(Cc3ccco3)C[C@@H](O)COC(C)(C)C)c(C)nn2-c2ccccc2)c1. The van der Waals surface area contributed by atoms with E-state index >= 15 is 0 Å². The Labute approximate surface area is 219 Å². The number of hydrogen-bond acceptors (Lipinski definition) is 6. The van der Waals surface area contributed by atoms with Crippen LogP contribution in [0.1, 0.15) is 43.4 Å². The van der Waals surface area contributed by atoms with Crippen LogP contribution in [0.15, 0.2) is 77.4 Å². The third-order valence-electron chi connectivity index (χ3n) is 5.86. The maximum absolute atomic E-state index is 10.8. The zero-order valence-corrected chi connectivity index (χ0v) is 22.3. The highest BCUT2D eigenvalue weighted by Crippen LogP contribution is 2.32. The van der Waals surface area contributed by atoms with Gasteiger partial charge in [-0.05, 0) is 76.6 Å². The van der Waals surface area contributed by atoms with Gasteiger partial charge in [0.1, 0.15) is 11.5 Å². The number of hydrogen-bond donors (Lipinski definition) is 1. The lowest BCUT2D eigenvalue weighted by molar-refractivity contribution is -0.0576. The predicted octanol–water partition coefficient (Wildman–Crippen LogP) is 6.05. The monoisotopic (exact) mass is 503 g/mol. The molecule has 1 N–H and O–H groups in total. The van der Waals surface area contributed by atoms with E-state index in [-0.39, 0.29) is 12.2 Å². The van der Waals surface area contributed by atoms with Crippen molar-refractivity contribution in [3.63, 3.8) is 0 Å². The van der Waals surface area contributed by atoms with Crippen LogP contribution in [-0.4, -0.2) is 44.6 Å². The number of aromatic nitrogens is 2. The molecule has 0 amide bonds. The number of rotatable bonds is 11. The fourth-order valence-electron chi connectivity index (χ4n) is 4.09. The quantitative estimate of drug-likeness (QED) is 0.269. The average molecular weight is 504 g/mol. The summed E-state index contributed by atoms with van der Waals surface area (Å²) in [5.41, 5.74) is 3.51. The van der Waals surface area contributed by atoms with Gasteiger partial charge in [0.15, 0.2) is 0 Å². The molecule has 7 nitrogen and oxygen atoms in total. The lowest BCUT2D eigenvalue weighted by Crippen LogP contribution is -2.36. The number of furan rings is 1. The van der Waals surface area contributed by atoms with Crippen molar-refractivity contribution in [1.29, 1.82) is 0 Å². The van der Waals surface area contributed by atoms with E-state index in [0.29, 0.717) is 25.5 Å². The normalized spacial score (nSPS) is 12.7. The fraction of sp³-hybridized carbons (Fsp3) is 0.367. The van der Waals surface area contributed by atoms with Gasteiger partial charge < -0.3 is 19.0 Å². The topological polar surface area (TPSA) is 72.9 Å². The molecule has 4 rings (SSSR count). The number of aliphatic hydroxyl groups is 1. The summed E-state index contributed by atoms with van der Waals surface area (Å²) in [5, 5.41) is 15.7. The maximum atomic E-state index is 10.8. The van der Waals surface area contributed by atoms with Gasteiger partial charge in [0.05, 0.1) is 48.1 Å². The first-order valence-corrected chi connectivity index (χ1v) is 12.6. The van der Waals surface area contributed by atoms with Crippen molar-refractivity contribution in [3.8, 4) is 17.3 Å². The molecule has 0 radical (unpaired) electrons. The fourth-order valence-corrected chi connectivity index (χ4v) is 4.09. The van der Waals surface area contributed by atoms with Gasteiger partial charge in [0.2, 0.25) is 5.88 Å². The minimum Gasteiger partial charge on any atom is -0.468 e. The Bertz CT molecular complexity index is 1260. The maximum Gasteiger partial charge on any atom is 0.227 e. The van der Waals surface area contributed by atoms with Gasteiger partial charge in [0.25, 0.3) is 0 Å². The predicted molar refractivity (Wildman–Crippen MR) is 144 cm³/mol. The number of para-hydroxylation sites is 1. The molecule has 2 aromatic heterocycles. The molecule has 0 saturated heterocycles. The van der Waals surface area contributed by atoms with E-state index in [1.54, 1.807) is 6.26 Å². The number of aliphatic hydroxyl groups excluding tert-OH is 1. The molecular formula is C30H37N3O4. The summed E-state index contributed by atoms with van der Waals surface area (Å²) in [6.45, 7) is 11.7. The standard InChI is InChI=1S/C30H37N3O4/c1-22-11-9-14-26(17-22)37-29-28(23(2)31-33(29)24-12-7-6-8-13-24)20-32(19-27-15-10-16-35-27)18-25(34)21-36-30(3,4)5/h6-17,25,34H,18-21H2,1-5H3/t25-/m1/s1. The highest BCUT2D eigenvalue weighted by Gasteiger charge is 2.24. The zero-order chi connectivity index (χ0) is 26.4. The molecule has 0 bridgehead atoms. The number of ether oxygens (including phenoxy) is 2. The van der Waals surface area contributed by atoms with E-state index in [1.807, 2.05) is 106 Å². The minimum atomic E-state index is -0.667. The summed E-state index contributed by atoms with van der Waals surface area (Å²) in [7, 11) is 0. The second-order valence-electron chi connectivity index (χ2n) is 10.4. The summed E-state index contributed by atoms with van der Waals surface area (Å²) in [6, 6.07) is 21.8. The third-order valence-corrected chi connectivity index (χ3v) is 5.86. The molecule has 2 heterocycles. The Kier molecular flexibility index (Phi) is 8.48. The van der Waals surface area contributed by atoms with Crippen molar-refractivity contribution >= 4 is 0 Å². The van der Waals surface area contributed by atoms with Crippen LogP contribution in [0.3, 0.4) is 0 Å². The zero-order valence-electron chi connectivity index (χ0n) is 22.3. The Morgan fingerprint density at radius 1 is 1.00 bits per heavy atom. The average Bonchev–Trinajstić information content (AvgIpc) is 3.46. The molecule has 0 aliphatic carbocycles. The molecule has 0 fully saturated rings. The van der Waals surface area contributed by atoms with E-state index in [2.05, 4.69) is 4.90 Å². The Morgan fingerprint density at radius 3 is 2.46 bits per heavy atom. The van der Waals surface area contributed by atoms with Crippen molar-refractivity contribution in [2.75, 3.05) is 13.2 Å². The van der Waals surface area contributed by atoms with Crippen molar-refractivity contribution in [3.05, 3.63) is 95.6 Å². The highest BCUT2D eigenvalue weighted by molar-refractivity contribution is 5.43. The highest BCUT2D eigenvalue weighted by atomic mass is 16.5. The second-order valence-corrected chi connectivity index (χ2v) is 10.4. The smallest absolute Gasteiger partial charge is 0.227 e. The van der Waals surface area contributed by atoms with Crippen LogP contribution >= 0.6 is 0 Å². The third kappa shape index (κ3) is 7.55. The molecule has 7 heteroatoms. The van der Waals surface area contributed by atoms with Gasteiger partial charge in [0, 0.05) is 13.1 Å². The molecule has 1 atom stereocenters. The molecule has 196 valence electrons. The van der Waals surface area contributed by atoms with Crippen LogP contribution in [0.5, 0.6) is 11.6 Å². The van der Waals surface area contributed by atoms with Crippen LogP contribution in [0.4, 0.5) is 0 Å². The van der Waals surface area contributed by atoms with Crippen LogP contribution in [0.2, 0.25) is 0 Å². The van der Waals surface area contributed by atoms with E-state index in [9.17, 15) is 5.11 Å². The van der Waals surface area contributed by atoms with Crippen molar-refractivity contribution in [2.24, 2.45) is 0 Å². The Morgan fingerprint density at radius 2 is 1.78 bits per heavy atom. The number of aryl methyl sites for hydroxylation is 2. The van der Waals surface area contributed by atoms with Crippen LogP contribution in [0, 0.1) is 13.8 Å². The molecule has 0 saturated carbocycles. The second kappa shape index (κ2) is 11.8. The van der Waals surface area contributed by atoms with Gasteiger partial charge in [-0.2, -0.15) is 5.10 Å². The summed E-state index contributed by atoms with van der Waals surface area (Å²) < 4.78 is 19.8. The van der Waals surface area contributed by atoms with Gasteiger partial charge in [-0.15, -0.1) is 0 Å². The minimum absolute atomic E-state index is 0.243. The summed E-state index contributed by atoms with van der Waals surface area (Å²) >= 11 is 0. The van der Waals surface area contributed by atoms with E-state index < -0.39 is 6.10 Å². The van der Waals surface area contributed by atoms with E-state index in [4.69, 9.17) is 19.0 Å². The molecule has 0 aliphatic rings. The largest absolute Gasteiger partial charge is 0.468 e. The van der Waals surface area contributed by atoms with Crippen LogP contribution in [0.25, 0.3) is 5.69 Å². The Hall–Kier alpha value is -3.39. The summed E-state index contributed by atoms with van der Waals surface area (Å²) in [6.07, 6.45) is 0.997. The molecule has 0 spiro atoms. The number of nitrogens with zero attached hydrogens (tertiary/aromatic N) is 3. The van der Waals surface area contributed by atoms with Crippen molar-refractivity contribution in [2.45, 2.75) is 59.4 Å². The first kappa shape index (κ1) is 26.7. The van der Waals surface area contributed by atoms with Crippen molar-refractivity contribution in [1.82, 2.24) is 14.7 Å². The first-order valence-electron chi connectivity index (χ1n) is 12.6. The van der Waals surface area contributed by atoms with E-state index in [0.717, 1.165) is 34.0 Å². The lowest BCUT2D eigenvalue weighted by Gasteiger charge is -2.27. The summed E-state index contributed by atoms with van der Waals surface area (Å²) in [5.74, 6) is 2.21. The molecule has 4 aromatic rings. The summed E-state index contributed by atoms with van der Waals surface area (Å²) in [4.78, 5) is 2.14. The lowest BCUT2D eigenvalue weighted by atomic mass is 10.2. The van der Waals surface area contributed by atoms with Gasteiger partial charge in [-0.1, -0.05) is 30.3 Å².